The highest BCUT2D eigenvalue weighted by Crippen LogP contribution is 2.20. The summed E-state index contributed by atoms with van der Waals surface area (Å²) in [6, 6.07) is 9.74. The fourth-order valence-electron chi connectivity index (χ4n) is 2.45. The molecule has 1 aromatic carbocycles. The Morgan fingerprint density at radius 1 is 1.17 bits per heavy atom. The van der Waals surface area contributed by atoms with Gasteiger partial charge in [0.1, 0.15) is 11.3 Å². The second-order valence-corrected chi connectivity index (χ2v) is 5.32. The minimum absolute atomic E-state index is 0.0252. The van der Waals surface area contributed by atoms with E-state index in [0.717, 1.165) is 16.7 Å². The summed E-state index contributed by atoms with van der Waals surface area (Å²) >= 11 is 0. The minimum atomic E-state index is -0.249. The Labute approximate surface area is 136 Å². The molecule has 0 saturated carbocycles. The SMILES string of the molecule is CCOC(=O)CCCC(=O)N(CC)Cc1cc2ccccc2o1. The molecule has 0 fully saturated rings. The van der Waals surface area contributed by atoms with Crippen LogP contribution in [0.5, 0.6) is 0 Å². The van der Waals surface area contributed by atoms with Crippen molar-refractivity contribution in [1.82, 2.24) is 4.90 Å². The normalized spacial score (nSPS) is 10.7. The summed E-state index contributed by atoms with van der Waals surface area (Å²) in [5.41, 5.74) is 0.827. The summed E-state index contributed by atoms with van der Waals surface area (Å²) in [7, 11) is 0. The number of furan rings is 1. The fraction of sp³-hybridized carbons (Fsp3) is 0.444. The van der Waals surface area contributed by atoms with Crippen LogP contribution in [0.3, 0.4) is 0 Å². The average molecular weight is 317 g/mol. The van der Waals surface area contributed by atoms with Gasteiger partial charge in [0.2, 0.25) is 5.91 Å². The highest BCUT2D eigenvalue weighted by molar-refractivity contribution is 5.79. The van der Waals surface area contributed by atoms with Gasteiger partial charge in [-0.2, -0.15) is 0 Å². The molecule has 0 bridgehead atoms. The van der Waals surface area contributed by atoms with Gasteiger partial charge in [-0.05, 0) is 32.4 Å². The summed E-state index contributed by atoms with van der Waals surface area (Å²) in [6.45, 7) is 5.14. The molecule has 0 aliphatic rings. The van der Waals surface area contributed by atoms with Crippen LogP contribution >= 0.6 is 0 Å². The first-order valence-corrected chi connectivity index (χ1v) is 8.04. The monoisotopic (exact) mass is 317 g/mol. The highest BCUT2D eigenvalue weighted by Gasteiger charge is 2.15. The van der Waals surface area contributed by atoms with Crippen LogP contribution in [-0.2, 0) is 20.9 Å². The van der Waals surface area contributed by atoms with Crippen molar-refractivity contribution in [1.29, 1.82) is 0 Å². The topological polar surface area (TPSA) is 59.8 Å². The molecule has 124 valence electrons. The predicted octanol–water partition coefficient (Wildman–Crippen LogP) is 3.51. The van der Waals surface area contributed by atoms with Gasteiger partial charge in [-0.3, -0.25) is 9.59 Å². The van der Waals surface area contributed by atoms with E-state index >= 15 is 0 Å². The Morgan fingerprint density at radius 2 is 1.96 bits per heavy atom. The number of carbonyl (C=O) groups excluding carboxylic acids is 2. The van der Waals surface area contributed by atoms with Crippen LogP contribution in [0.2, 0.25) is 0 Å². The number of hydrogen-bond acceptors (Lipinski definition) is 4. The molecule has 0 saturated heterocycles. The molecule has 23 heavy (non-hydrogen) atoms. The largest absolute Gasteiger partial charge is 0.466 e. The van der Waals surface area contributed by atoms with Crippen molar-refractivity contribution in [2.24, 2.45) is 0 Å². The molecule has 0 atom stereocenters. The summed E-state index contributed by atoms with van der Waals surface area (Å²) in [4.78, 5) is 25.3. The highest BCUT2D eigenvalue weighted by atomic mass is 16.5. The lowest BCUT2D eigenvalue weighted by Crippen LogP contribution is -2.30. The maximum Gasteiger partial charge on any atom is 0.305 e. The maximum atomic E-state index is 12.3. The van der Waals surface area contributed by atoms with Gasteiger partial charge in [0.05, 0.1) is 13.2 Å². The van der Waals surface area contributed by atoms with Crippen LogP contribution < -0.4 is 0 Å². The number of nitrogens with zero attached hydrogens (tertiary/aromatic N) is 1. The number of hydrogen-bond donors (Lipinski definition) is 0. The molecule has 0 aliphatic heterocycles. The molecule has 1 heterocycles. The van der Waals surface area contributed by atoms with E-state index in [2.05, 4.69) is 0 Å². The molecular formula is C18H23NO4. The maximum absolute atomic E-state index is 12.3. The number of para-hydroxylation sites is 1. The number of rotatable bonds is 8. The lowest BCUT2D eigenvalue weighted by molar-refractivity contribution is -0.143. The molecule has 0 spiro atoms. The molecular weight excluding hydrogens is 294 g/mol. The Hall–Kier alpha value is -2.30. The van der Waals surface area contributed by atoms with Gasteiger partial charge >= 0.3 is 5.97 Å². The van der Waals surface area contributed by atoms with E-state index in [1.54, 1.807) is 11.8 Å². The van der Waals surface area contributed by atoms with Crippen LogP contribution in [0.25, 0.3) is 11.0 Å². The van der Waals surface area contributed by atoms with E-state index in [9.17, 15) is 9.59 Å². The number of fused-ring (bicyclic) bond motifs is 1. The molecule has 1 amide bonds. The van der Waals surface area contributed by atoms with Crippen molar-refractivity contribution in [2.45, 2.75) is 39.7 Å². The Balaban J connectivity index is 1.88. The van der Waals surface area contributed by atoms with E-state index in [1.165, 1.54) is 0 Å². The van der Waals surface area contributed by atoms with Crippen LogP contribution in [0.1, 0.15) is 38.9 Å². The average Bonchev–Trinajstić information content (AvgIpc) is 2.95. The molecule has 5 nitrogen and oxygen atoms in total. The molecule has 0 N–H and O–H groups in total. The first-order valence-electron chi connectivity index (χ1n) is 8.04. The summed E-state index contributed by atoms with van der Waals surface area (Å²) < 4.78 is 10.6. The molecule has 2 aromatic rings. The van der Waals surface area contributed by atoms with E-state index in [4.69, 9.17) is 9.15 Å². The third kappa shape index (κ3) is 4.84. The van der Waals surface area contributed by atoms with Crippen LogP contribution in [0.15, 0.2) is 34.7 Å². The molecule has 0 unspecified atom stereocenters. The van der Waals surface area contributed by atoms with Crippen molar-refractivity contribution in [3.63, 3.8) is 0 Å². The van der Waals surface area contributed by atoms with Gasteiger partial charge in [0.15, 0.2) is 0 Å². The third-order valence-electron chi connectivity index (χ3n) is 3.63. The lowest BCUT2D eigenvalue weighted by Gasteiger charge is -2.19. The Bertz CT molecular complexity index is 629. The lowest BCUT2D eigenvalue weighted by atomic mass is 10.2. The van der Waals surface area contributed by atoms with Crippen molar-refractivity contribution < 1.29 is 18.7 Å². The number of ether oxygens (including phenoxy) is 1. The quantitative estimate of drug-likeness (QED) is 0.699. The first-order chi connectivity index (χ1) is 11.1. The Kier molecular flexibility index (Phi) is 6.20. The number of esters is 1. The van der Waals surface area contributed by atoms with Crippen LogP contribution in [0, 0.1) is 0 Å². The van der Waals surface area contributed by atoms with E-state index in [-0.39, 0.29) is 18.3 Å². The van der Waals surface area contributed by atoms with Crippen molar-refractivity contribution in [2.75, 3.05) is 13.2 Å². The van der Waals surface area contributed by atoms with E-state index in [0.29, 0.717) is 32.5 Å². The third-order valence-corrected chi connectivity index (χ3v) is 3.63. The van der Waals surface area contributed by atoms with Gasteiger partial charge in [0.25, 0.3) is 0 Å². The molecule has 1 aromatic heterocycles. The van der Waals surface area contributed by atoms with Gasteiger partial charge in [-0.1, -0.05) is 18.2 Å². The van der Waals surface area contributed by atoms with Crippen molar-refractivity contribution >= 4 is 22.8 Å². The predicted molar refractivity (Wildman–Crippen MR) is 87.8 cm³/mol. The smallest absolute Gasteiger partial charge is 0.305 e. The zero-order valence-corrected chi connectivity index (χ0v) is 13.7. The van der Waals surface area contributed by atoms with Gasteiger partial charge in [-0.25, -0.2) is 0 Å². The van der Waals surface area contributed by atoms with Crippen molar-refractivity contribution in [3.05, 3.63) is 36.1 Å². The second-order valence-electron chi connectivity index (χ2n) is 5.32. The van der Waals surface area contributed by atoms with Crippen molar-refractivity contribution in [3.8, 4) is 0 Å². The Morgan fingerprint density at radius 3 is 2.65 bits per heavy atom. The zero-order chi connectivity index (χ0) is 16.7. The molecule has 0 radical (unpaired) electrons. The summed E-state index contributed by atoms with van der Waals surface area (Å²) in [5, 5.41) is 1.04. The van der Waals surface area contributed by atoms with Gasteiger partial charge < -0.3 is 14.1 Å². The number of carbonyl (C=O) groups is 2. The standard InChI is InChI=1S/C18H23NO4/c1-3-19(17(20)10-7-11-18(21)22-4-2)13-15-12-14-8-5-6-9-16(14)23-15/h5-6,8-9,12H,3-4,7,10-11,13H2,1-2H3. The van der Waals surface area contributed by atoms with E-state index < -0.39 is 0 Å². The van der Waals surface area contributed by atoms with E-state index in [1.807, 2.05) is 37.3 Å². The molecule has 5 heteroatoms. The number of amides is 1. The number of benzene rings is 1. The molecule has 2 rings (SSSR count). The van der Waals surface area contributed by atoms with Crippen LogP contribution in [0.4, 0.5) is 0 Å². The second kappa shape index (κ2) is 8.36. The molecule has 0 aliphatic carbocycles. The summed E-state index contributed by atoms with van der Waals surface area (Å²) in [5.74, 6) is 0.546. The minimum Gasteiger partial charge on any atom is -0.466 e. The zero-order valence-electron chi connectivity index (χ0n) is 13.7. The van der Waals surface area contributed by atoms with Gasteiger partial charge in [-0.15, -0.1) is 0 Å². The summed E-state index contributed by atoms with van der Waals surface area (Å²) in [6.07, 6.45) is 1.13. The van der Waals surface area contributed by atoms with Crippen LogP contribution in [-0.4, -0.2) is 29.9 Å². The fourth-order valence-corrected chi connectivity index (χ4v) is 2.45. The first kappa shape index (κ1) is 17.1. The van der Waals surface area contributed by atoms with Gasteiger partial charge in [0, 0.05) is 24.8 Å².